The van der Waals surface area contributed by atoms with Crippen LogP contribution in [-0.4, -0.2) is 25.8 Å². The zero-order chi connectivity index (χ0) is 25.5. The van der Waals surface area contributed by atoms with E-state index >= 15 is 0 Å². The Morgan fingerprint density at radius 2 is 1.97 bits per heavy atom. The molecule has 0 spiro atoms. The van der Waals surface area contributed by atoms with Gasteiger partial charge in [-0.2, -0.15) is 10.4 Å². The largest absolute Gasteiger partial charge is 0.493 e. The van der Waals surface area contributed by atoms with Crippen molar-refractivity contribution in [1.82, 2.24) is 5.43 Å². The number of methoxy groups -OCH3 is 1. The Balaban J connectivity index is 1.49. The predicted molar refractivity (Wildman–Crippen MR) is 139 cm³/mol. The molecule has 0 saturated carbocycles. The summed E-state index contributed by atoms with van der Waals surface area (Å²) in [6.45, 7) is 2.49. The van der Waals surface area contributed by atoms with Crippen molar-refractivity contribution in [3.8, 4) is 23.3 Å². The average molecular weight is 548 g/mol. The van der Waals surface area contributed by atoms with Gasteiger partial charge in [-0.05, 0) is 58.7 Å². The van der Waals surface area contributed by atoms with Gasteiger partial charge in [0, 0.05) is 10.9 Å². The first kappa shape index (κ1) is 24.8. The third-order valence-corrected chi connectivity index (χ3v) is 5.76. The molecule has 0 saturated heterocycles. The molecule has 182 valence electrons. The molecule has 0 fully saturated rings. The topological polar surface area (TPSA) is 106 Å². The van der Waals surface area contributed by atoms with Crippen LogP contribution in [0.5, 0.6) is 17.2 Å². The second-order valence-electron chi connectivity index (χ2n) is 7.51. The van der Waals surface area contributed by atoms with Gasteiger partial charge in [-0.15, -0.1) is 0 Å². The highest BCUT2D eigenvalue weighted by molar-refractivity contribution is 9.10. The normalized spacial score (nSPS) is 10.8. The molecular weight excluding hydrogens is 526 g/mol. The van der Waals surface area contributed by atoms with E-state index in [0.717, 1.165) is 10.9 Å². The lowest BCUT2D eigenvalue weighted by Crippen LogP contribution is -2.16. The molecule has 0 atom stereocenters. The number of benzene rings is 3. The van der Waals surface area contributed by atoms with E-state index < -0.39 is 5.91 Å². The first-order chi connectivity index (χ1) is 17.5. The number of para-hydroxylation sites is 1. The zero-order valence-corrected chi connectivity index (χ0v) is 21.2. The van der Waals surface area contributed by atoms with Gasteiger partial charge in [0.15, 0.2) is 28.6 Å². The van der Waals surface area contributed by atoms with Gasteiger partial charge in [0.1, 0.15) is 6.61 Å². The van der Waals surface area contributed by atoms with Crippen LogP contribution < -0.4 is 19.6 Å². The summed E-state index contributed by atoms with van der Waals surface area (Å²) in [7, 11) is 1.54. The molecule has 0 unspecified atom stereocenters. The van der Waals surface area contributed by atoms with Gasteiger partial charge in [0.25, 0.3) is 0 Å². The molecule has 0 radical (unpaired) electrons. The fourth-order valence-electron chi connectivity index (χ4n) is 3.50. The van der Waals surface area contributed by atoms with Gasteiger partial charge in [0.05, 0.1) is 36.0 Å². The van der Waals surface area contributed by atoms with Gasteiger partial charge in [0.2, 0.25) is 0 Å². The lowest BCUT2D eigenvalue weighted by molar-refractivity contribution is 0.0929. The number of hydrazone groups is 1. The number of carbonyl (C=O) groups excluding carboxylic acids is 1. The van der Waals surface area contributed by atoms with Crippen molar-refractivity contribution in [1.29, 1.82) is 5.26 Å². The molecule has 1 N–H and O–H groups in total. The van der Waals surface area contributed by atoms with E-state index in [2.05, 4.69) is 32.5 Å². The maximum absolute atomic E-state index is 12.5. The molecule has 0 aliphatic heterocycles. The molecule has 1 aromatic heterocycles. The number of hydrogen-bond donors (Lipinski definition) is 1. The zero-order valence-electron chi connectivity index (χ0n) is 19.6. The Kier molecular flexibility index (Phi) is 7.88. The fourth-order valence-corrected chi connectivity index (χ4v) is 4.07. The summed E-state index contributed by atoms with van der Waals surface area (Å²) in [6.07, 6.45) is 1.49. The van der Waals surface area contributed by atoms with E-state index in [9.17, 15) is 10.1 Å². The van der Waals surface area contributed by atoms with Crippen LogP contribution in [-0.2, 0) is 6.61 Å². The molecule has 4 rings (SSSR count). The number of carbonyl (C=O) groups is 1. The summed E-state index contributed by atoms with van der Waals surface area (Å²) >= 11 is 3.52. The lowest BCUT2D eigenvalue weighted by Gasteiger charge is -2.15. The molecule has 0 aliphatic carbocycles. The lowest BCUT2D eigenvalue weighted by atomic mass is 10.1. The van der Waals surface area contributed by atoms with Crippen molar-refractivity contribution in [3.63, 3.8) is 0 Å². The van der Waals surface area contributed by atoms with Crippen LogP contribution in [0.25, 0.3) is 11.0 Å². The SMILES string of the molecule is CCOc1cc(/C=N\NC(=O)c2cc3cccc(OC)c3o2)cc(Br)c1OCc1ccccc1C#N. The van der Waals surface area contributed by atoms with Crippen molar-refractivity contribution in [2.24, 2.45) is 5.10 Å². The molecule has 0 aliphatic rings. The molecule has 36 heavy (non-hydrogen) atoms. The Labute approximate surface area is 216 Å². The first-order valence-corrected chi connectivity index (χ1v) is 11.8. The minimum atomic E-state index is -0.496. The van der Waals surface area contributed by atoms with Crippen LogP contribution in [0.15, 0.2) is 74.7 Å². The third kappa shape index (κ3) is 5.50. The van der Waals surface area contributed by atoms with Crippen LogP contribution in [0.4, 0.5) is 0 Å². The average Bonchev–Trinajstić information content (AvgIpc) is 3.33. The minimum absolute atomic E-state index is 0.115. The van der Waals surface area contributed by atoms with E-state index in [0.29, 0.717) is 45.0 Å². The van der Waals surface area contributed by atoms with Crippen molar-refractivity contribution in [2.75, 3.05) is 13.7 Å². The number of halogens is 1. The number of rotatable bonds is 9. The number of nitrogens with one attached hydrogen (secondary N) is 1. The van der Waals surface area contributed by atoms with Crippen LogP contribution in [0.3, 0.4) is 0 Å². The summed E-state index contributed by atoms with van der Waals surface area (Å²) in [4.78, 5) is 12.5. The Morgan fingerprint density at radius 3 is 2.75 bits per heavy atom. The predicted octanol–water partition coefficient (Wildman–Crippen LogP) is 5.82. The molecule has 3 aromatic carbocycles. The Bertz CT molecular complexity index is 1470. The highest BCUT2D eigenvalue weighted by Gasteiger charge is 2.15. The summed E-state index contributed by atoms with van der Waals surface area (Å²) < 4.78 is 23.3. The monoisotopic (exact) mass is 547 g/mol. The summed E-state index contributed by atoms with van der Waals surface area (Å²) in [5.41, 5.74) is 4.95. The van der Waals surface area contributed by atoms with Crippen molar-refractivity contribution in [3.05, 3.63) is 87.6 Å². The van der Waals surface area contributed by atoms with Crippen molar-refractivity contribution >= 4 is 39.0 Å². The molecular formula is C27H22BrN3O5. The number of fused-ring (bicyclic) bond motifs is 1. The number of furan rings is 1. The molecule has 4 aromatic rings. The smallest absolute Gasteiger partial charge is 0.307 e. The van der Waals surface area contributed by atoms with Crippen LogP contribution in [0, 0.1) is 11.3 Å². The highest BCUT2D eigenvalue weighted by atomic mass is 79.9. The van der Waals surface area contributed by atoms with E-state index in [1.807, 2.05) is 37.3 Å². The number of hydrogen-bond acceptors (Lipinski definition) is 7. The highest BCUT2D eigenvalue weighted by Crippen LogP contribution is 2.37. The quantitative estimate of drug-likeness (QED) is 0.209. The second-order valence-corrected chi connectivity index (χ2v) is 8.36. The summed E-state index contributed by atoms with van der Waals surface area (Å²) in [5.74, 6) is 1.16. The summed E-state index contributed by atoms with van der Waals surface area (Å²) in [6, 6.07) is 20.0. The van der Waals surface area contributed by atoms with Crippen molar-refractivity contribution in [2.45, 2.75) is 13.5 Å². The second kappa shape index (κ2) is 11.4. The van der Waals surface area contributed by atoms with Crippen molar-refractivity contribution < 1.29 is 23.4 Å². The van der Waals surface area contributed by atoms with Gasteiger partial charge >= 0.3 is 5.91 Å². The summed E-state index contributed by atoms with van der Waals surface area (Å²) in [5, 5.41) is 14.1. The maximum atomic E-state index is 12.5. The maximum Gasteiger partial charge on any atom is 0.307 e. The number of ether oxygens (including phenoxy) is 3. The van der Waals surface area contributed by atoms with Crippen LogP contribution in [0.1, 0.15) is 34.2 Å². The van der Waals surface area contributed by atoms with Crippen LogP contribution >= 0.6 is 15.9 Å². The first-order valence-electron chi connectivity index (χ1n) is 11.0. The van der Waals surface area contributed by atoms with Crippen LogP contribution in [0.2, 0.25) is 0 Å². The molecule has 8 nitrogen and oxygen atoms in total. The molecule has 1 heterocycles. The Morgan fingerprint density at radius 1 is 1.14 bits per heavy atom. The van der Waals surface area contributed by atoms with E-state index in [4.69, 9.17) is 18.6 Å². The standard InChI is InChI=1S/C27H22BrN3O5/c1-3-34-23-12-17(11-21(28)26(23)35-16-20-8-5-4-7-19(20)14-29)15-30-31-27(32)24-13-18-9-6-10-22(33-2)25(18)36-24/h4-13,15H,3,16H2,1-2H3,(H,31,32)/b30-15-. The van der Waals surface area contributed by atoms with E-state index in [1.54, 1.807) is 30.3 Å². The molecule has 0 bridgehead atoms. The Hall–Kier alpha value is -4.29. The van der Waals surface area contributed by atoms with Gasteiger partial charge in [-0.25, -0.2) is 5.43 Å². The number of nitrogens with zero attached hydrogens (tertiary/aromatic N) is 2. The van der Waals surface area contributed by atoms with E-state index in [-0.39, 0.29) is 12.4 Å². The van der Waals surface area contributed by atoms with Gasteiger partial charge in [-0.1, -0.05) is 30.3 Å². The van der Waals surface area contributed by atoms with Gasteiger partial charge < -0.3 is 18.6 Å². The number of amides is 1. The third-order valence-electron chi connectivity index (χ3n) is 5.17. The van der Waals surface area contributed by atoms with Gasteiger partial charge in [-0.3, -0.25) is 4.79 Å². The molecule has 1 amide bonds. The molecule has 9 heteroatoms. The fraction of sp³-hybridized carbons (Fsp3) is 0.148. The van der Waals surface area contributed by atoms with E-state index in [1.165, 1.54) is 13.3 Å². The minimum Gasteiger partial charge on any atom is -0.493 e. The number of nitriles is 1.